The molecule has 0 radical (unpaired) electrons. The summed E-state index contributed by atoms with van der Waals surface area (Å²) in [4.78, 5) is 7.08. The predicted octanol–water partition coefficient (Wildman–Crippen LogP) is 2.75. The average molecular weight is 291 g/mol. The number of hydrogen-bond acceptors (Lipinski definition) is 4. The van der Waals surface area contributed by atoms with Gasteiger partial charge in [-0.25, -0.2) is 4.98 Å². The molecular weight excluding hydrogens is 262 g/mol. The summed E-state index contributed by atoms with van der Waals surface area (Å²) < 4.78 is 5.72. The van der Waals surface area contributed by atoms with Gasteiger partial charge < -0.3 is 15.0 Å². The topological polar surface area (TPSA) is 37.4 Å². The Morgan fingerprint density at radius 3 is 3.00 bits per heavy atom. The van der Waals surface area contributed by atoms with Crippen LogP contribution in [0, 0.1) is 12.8 Å². The molecule has 1 atom stereocenters. The van der Waals surface area contributed by atoms with Crippen LogP contribution in [0.5, 0.6) is 0 Å². The van der Waals surface area contributed by atoms with Gasteiger partial charge in [-0.2, -0.15) is 0 Å². The molecule has 0 saturated carbocycles. The fourth-order valence-corrected chi connectivity index (χ4v) is 2.69. The first-order valence-corrected chi connectivity index (χ1v) is 8.09. The fourth-order valence-electron chi connectivity index (χ4n) is 2.69. The van der Waals surface area contributed by atoms with Crippen LogP contribution in [-0.2, 0) is 11.3 Å². The molecule has 0 aliphatic carbocycles. The van der Waals surface area contributed by atoms with E-state index in [0.717, 1.165) is 50.7 Å². The van der Waals surface area contributed by atoms with Gasteiger partial charge in [0.2, 0.25) is 0 Å². The number of nitrogens with one attached hydrogen (secondary N) is 1. The van der Waals surface area contributed by atoms with Gasteiger partial charge in [-0.3, -0.25) is 0 Å². The van der Waals surface area contributed by atoms with Crippen LogP contribution in [0.25, 0.3) is 0 Å². The van der Waals surface area contributed by atoms with Crippen molar-refractivity contribution in [1.82, 2.24) is 10.3 Å². The molecule has 1 aliphatic rings. The summed E-state index contributed by atoms with van der Waals surface area (Å²) in [6.45, 7) is 13.4. The Hall–Kier alpha value is -1.13. The van der Waals surface area contributed by atoms with Gasteiger partial charge in [-0.05, 0) is 50.4 Å². The summed E-state index contributed by atoms with van der Waals surface area (Å²) in [7, 11) is 0. The zero-order valence-electron chi connectivity index (χ0n) is 13.9. The minimum atomic E-state index is 0.275. The van der Waals surface area contributed by atoms with E-state index < -0.39 is 0 Å². The Labute approximate surface area is 128 Å². The van der Waals surface area contributed by atoms with Crippen LogP contribution in [0.1, 0.15) is 38.4 Å². The minimum absolute atomic E-state index is 0.275. The summed E-state index contributed by atoms with van der Waals surface area (Å²) in [6, 6.07) is 4.40. The number of rotatable bonds is 5. The maximum absolute atomic E-state index is 5.72. The Morgan fingerprint density at radius 1 is 1.43 bits per heavy atom. The van der Waals surface area contributed by atoms with Crippen LogP contribution in [0.4, 0.5) is 5.82 Å². The number of aromatic nitrogens is 1. The van der Waals surface area contributed by atoms with Gasteiger partial charge in [-0.1, -0.05) is 13.8 Å². The number of anilines is 1. The normalized spacial score (nSPS) is 19.9. The predicted molar refractivity (Wildman–Crippen MR) is 87.8 cm³/mol. The molecule has 0 aromatic carbocycles. The molecule has 0 amide bonds. The zero-order chi connectivity index (χ0) is 15.2. The third-order valence-electron chi connectivity index (χ3n) is 3.66. The van der Waals surface area contributed by atoms with Crippen molar-refractivity contribution < 1.29 is 4.74 Å². The van der Waals surface area contributed by atoms with Gasteiger partial charge in [0.1, 0.15) is 5.82 Å². The minimum Gasteiger partial charge on any atom is -0.377 e. The van der Waals surface area contributed by atoms with Crippen molar-refractivity contribution in [1.29, 1.82) is 0 Å². The quantitative estimate of drug-likeness (QED) is 0.905. The van der Waals surface area contributed by atoms with E-state index in [4.69, 9.17) is 9.72 Å². The second-order valence-electron chi connectivity index (χ2n) is 6.48. The number of hydrogen-bond donors (Lipinski definition) is 1. The van der Waals surface area contributed by atoms with Crippen molar-refractivity contribution >= 4 is 5.82 Å². The first-order chi connectivity index (χ1) is 10.0. The Morgan fingerprint density at radius 2 is 2.24 bits per heavy atom. The number of pyridine rings is 1. The standard InChI is InChI=1S/C17H29N3O/c1-13(2)10-18-11-16-8-14(3)19-17(9-16)20-6-5-7-21-15(4)12-20/h8-9,13,15,18H,5-7,10-12H2,1-4H3. The van der Waals surface area contributed by atoms with Gasteiger partial charge >= 0.3 is 0 Å². The lowest BCUT2D eigenvalue weighted by Crippen LogP contribution is -2.31. The molecule has 0 spiro atoms. The molecule has 1 unspecified atom stereocenters. The lowest BCUT2D eigenvalue weighted by molar-refractivity contribution is 0.0820. The molecule has 1 aromatic rings. The summed E-state index contributed by atoms with van der Waals surface area (Å²) >= 11 is 0. The van der Waals surface area contributed by atoms with Crippen molar-refractivity contribution in [2.45, 2.75) is 46.8 Å². The zero-order valence-corrected chi connectivity index (χ0v) is 13.9. The SMILES string of the molecule is Cc1cc(CNCC(C)C)cc(N2CCCOC(C)C2)n1. The Kier molecular flexibility index (Phi) is 6.00. The Bertz CT molecular complexity index is 448. The van der Waals surface area contributed by atoms with Crippen LogP contribution in [0.2, 0.25) is 0 Å². The van der Waals surface area contributed by atoms with Crippen LogP contribution in [0.15, 0.2) is 12.1 Å². The van der Waals surface area contributed by atoms with E-state index in [2.05, 4.69) is 50.0 Å². The van der Waals surface area contributed by atoms with Gasteiger partial charge in [0.05, 0.1) is 6.10 Å². The molecule has 118 valence electrons. The van der Waals surface area contributed by atoms with Crippen molar-refractivity contribution in [3.63, 3.8) is 0 Å². The fraction of sp³-hybridized carbons (Fsp3) is 0.706. The molecule has 0 bridgehead atoms. The highest BCUT2D eigenvalue weighted by atomic mass is 16.5. The van der Waals surface area contributed by atoms with Crippen LogP contribution < -0.4 is 10.2 Å². The van der Waals surface area contributed by atoms with Crippen molar-refractivity contribution in [2.75, 3.05) is 31.1 Å². The maximum atomic E-state index is 5.72. The lowest BCUT2D eigenvalue weighted by Gasteiger charge is -2.24. The monoisotopic (exact) mass is 291 g/mol. The van der Waals surface area contributed by atoms with E-state index in [1.54, 1.807) is 0 Å². The molecule has 1 N–H and O–H groups in total. The first-order valence-electron chi connectivity index (χ1n) is 8.09. The largest absolute Gasteiger partial charge is 0.377 e. The molecule has 4 nitrogen and oxygen atoms in total. The number of aryl methyl sites for hydroxylation is 1. The van der Waals surface area contributed by atoms with Gasteiger partial charge in [-0.15, -0.1) is 0 Å². The van der Waals surface area contributed by atoms with Crippen molar-refractivity contribution in [3.8, 4) is 0 Å². The van der Waals surface area contributed by atoms with Gasteiger partial charge in [0.25, 0.3) is 0 Å². The summed E-state index contributed by atoms with van der Waals surface area (Å²) in [5, 5.41) is 3.51. The van der Waals surface area contributed by atoms with Gasteiger partial charge in [0, 0.05) is 31.9 Å². The summed E-state index contributed by atoms with van der Waals surface area (Å²) in [5.41, 5.74) is 2.41. The average Bonchev–Trinajstić information content (AvgIpc) is 2.62. The molecule has 4 heteroatoms. The number of ether oxygens (including phenoxy) is 1. The molecule has 1 aromatic heterocycles. The van der Waals surface area contributed by atoms with E-state index >= 15 is 0 Å². The highest BCUT2D eigenvalue weighted by molar-refractivity contribution is 5.43. The molecule has 2 heterocycles. The van der Waals surface area contributed by atoms with E-state index in [-0.39, 0.29) is 6.10 Å². The van der Waals surface area contributed by atoms with E-state index in [1.807, 2.05) is 0 Å². The van der Waals surface area contributed by atoms with Crippen LogP contribution in [0.3, 0.4) is 0 Å². The third-order valence-corrected chi connectivity index (χ3v) is 3.66. The number of nitrogens with zero attached hydrogens (tertiary/aromatic N) is 2. The highest BCUT2D eigenvalue weighted by Crippen LogP contribution is 2.18. The van der Waals surface area contributed by atoms with Crippen LogP contribution >= 0.6 is 0 Å². The second-order valence-corrected chi connectivity index (χ2v) is 6.48. The van der Waals surface area contributed by atoms with Crippen LogP contribution in [-0.4, -0.2) is 37.3 Å². The molecule has 1 fully saturated rings. The van der Waals surface area contributed by atoms with E-state index in [9.17, 15) is 0 Å². The Balaban J connectivity index is 2.06. The highest BCUT2D eigenvalue weighted by Gasteiger charge is 2.17. The first kappa shape index (κ1) is 16.2. The summed E-state index contributed by atoms with van der Waals surface area (Å²) in [5.74, 6) is 1.77. The maximum Gasteiger partial charge on any atom is 0.129 e. The van der Waals surface area contributed by atoms with E-state index in [0.29, 0.717) is 5.92 Å². The third kappa shape index (κ3) is 5.29. The lowest BCUT2D eigenvalue weighted by atomic mass is 10.2. The second kappa shape index (κ2) is 7.76. The molecule has 1 aliphatic heterocycles. The molecule has 2 rings (SSSR count). The smallest absolute Gasteiger partial charge is 0.129 e. The van der Waals surface area contributed by atoms with Gasteiger partial charge in [0.15, 0.2) is 0 Å². The van der Waals surface area contributed by atoms with Crippen molar-refractivity contribution in [2.24, 2.45) is 5.92 Å². The molecule has 21 heavy (non-hydrogen) atoms. The van der Waals surface area contributed by atoms with E-state index in [1.165, 1.54) is 5.56 Å². The summed E-state index contributed by atoms with van der Waals surface area (Å²) in [6.07, 6.45) is 1.35. The van der Waals surface area contributed by atoms with Crippen molar-refractivity contribution in [3.05, 3.63) is 23.4 Å². The molecule has 1 saturated heterocycles. The molecular formula is C17H29N3O.